The van der Waals surface area contributed by atoms with Gasteiger partial charge in [0.2, 0.25) is 5.91 Å². The molecule has 170 valence electrons. The molecule has 1 heterocycles. The highest BCUT2D eigenvalue weighted by Gasteiger charge is 2.56. The number of nitrogens with one attached hydrogen (secondary N) is 1. The summed E-state index contributed by atoms with van der Waals surface area (Å²) >= 11 is 0. The Morgan fingerprint density at radius 1 is 0.906 bits per heavy atom. The number of Topliss-reactive ketones (excluding diaryl/α,β-unsaturated/α-hetero) is 1. The summed E-state index contributed by atoms with van der Waals surface area (Å²) in [5.74, 6) is -7.18. The molecule has 1 saturated heterocycles. The van der Waals surface area contributed by atoms with Crippen molar-refractivity contribution in [2.24, 2.45) is 5.92 Å². The van der Waals surface area contributed by atoms with E-state index in [0.717, 1.165) is 18.2 Å². The summed E-state index contributed by atoms with van der Waals surface area (Å²) in [7, 11) is 0. The molecule has 0 radical (unpaired) electrons. The van der Waals surface area contributed by atoms with Crippen LogP contribution in [0.3, 0.4) is 0 Å². The van der Waals surface area contributed by atoms with Crippen molar-refractivity contribution in [1.82, 2.24) is 5.32 Å². The number of alkyl halides is 3. The number of halogens is 6. The molecule has 1 aliphatic carbocycles. The molecule has 1 saturated carbocycles. The smallest absolute Gasteiger partial charge is 0.343 e. The lowest BCUT2D eigenvalue weighted by atomic mass is 9.72. The topological polar surface area (TPSA) is 46.2 Å². The van der Waals surface area contributed by atoms with Gasteiger partial charge in [0.1, 0.15) is 11.7 Å². The van der Waals surface area contributed by atoms with Crippen molar-refractivity contribution in [3.8, 4) is 11.1 Å². The molecule has 1 spiro atoms. The minimum absolute atomic E-state index is 0.0332. The van der Waals surface area contributed by atoms with Gasteiger partial charge in [0.05, 0.1) is 11.5 Å². The summed E-state index contributed by atoms with van der Waals surface area (Å²) in [6.45, 7) is 1.38. The normalized spacial score (nSPS) is 26.0. The van der Waals surface area contributed by atoms with Crippen LogP contribution < -0.4 is 5.32 Å². The second-order valence-corrected chi connectivity index (χ2v) is 8.49. The molecule has 2 aromatic rings. The van der Waals surface area contributed by atoms with Gasteiger partial charge in [-0.25, -0.2) is 13.2 Å². The molecule has 0 bridgehead atoms. The Labute approximate surface area is 179 Å². The van der Waals surface area contributed by atoms with E-state index in [4.69, 9.17) is 0 Å². The number of ketones is 1. The van der Waals surface area contributed by atoms with E-state index in [9.17, 15) is 35.9 Å². The van der Waals surface area contributed by atoms with E-state index >= 15 is 0 Å². The third kappa shape index (κ3) is 3.67. The van der Waals surface area contributed by atoms with Crippen LogP contribution in [0.4, 0.5) is 26.3 Å². The van der Waals surface area contributed by atoms with Gasteiger partial charge in [-0.3, -0.25) is 9.59 Å². The zero-order valence-electron chi connectivity index (χ0n) is 17.0. The van der Waals surface area contributed by atoms with Crippen molar-refractivity contribution < 1.29 is 35.9 Å². The number of hydrogen-bond acceptors (Lipinski definition) is 2. The van der Waals surface area contributed by atoms with E-state index in [1.807, 2.05) is 0 Å². The molecule has 0 aromatic heterocycles. The van der Waals surface area contributed by atoms with E-state index in [2.05, 4.69) is 5.32 Å². The fraction of sp³-hybridized carbons (Fsp3) is 0.391. The first-order chi connectivity index (χ1) is 14.9. The van der Waals surface area contributed by atoms with Crippen LogP contribution in [-0.4, -0.2) is 23.4 Å². The molecule has 1 N–H and O–H groups in total. The molecule has 32 heavy (non-hydrogen) atoms. The van der Waals surface area contributed by atoms with E-state index in [-0.39, 0.29) is 47.9 Å². The third-order valence-electron chi connectivity index (χ3n) is 6.61. The first-order valence-electron chi connectivity index (χ1n) is 10.1. The summed E-state index contributed by atoms with van der Waals surface area (Å²) in [5.41, 5.74) is -1.03. The van der Waals surface area contributed by atoms with Crippen molar-refractivity contribution in [2.75, 3.05) is 0 Å². The summed E-state index contributed by atoms with van der Waals surface area (Å²) in [5, 5.41) is 2.57. The molecule has 4 rings (SSSR count). The zero-order chi connectivity index (χ0) is 23.4. The third-order valence-corrected chi connectivity index (χ3v) is 6.61. The van der Waals surface area contributed by atoms with Crippen LogP contribution in [0.2, 0.25) is 0 Å². The molecular weight excluding hydrogens is 436 g/mol. The van der Waals surface area contributed by atoms with Gasteiger partial charge >= 0.3 is 6.18 Å². The molecule has 3 nitrogen and oxygen atoms in total. The van der Waals surface area contributed by atoms with Crippen molar-refractivity contribution in [2.45, 2.75) is 50.2 Å². The number of rotatable bonds is 2. The molecule has 2 aromatic carbocycles. The van der Waals surface area contributed by atoms with Gasteiger partial charge in [-0.2, -0.15) is 13.2 Å². The Morgan fingerprint density at radius 3 is 2.12 bits per heavy atom. The quantitative estimate of drug-likeness (QED) is 0.490. The number of carbonyl (C=O) groups is 2. The van der Waals surface area contributed by atoms with Crippen LogP contribution >= 0.6 is 0 Å². The SMILES string of the molecule is Cc1c(F)cc(-c2ccc(F)c(F)c2)cc1C1C(=O)NC2(CCC(C(F)(F)F)CC2)C1=O. The monoisotopic (exact) mass is 455 g/mol. The fourth-order valence-electron chi connectivity index (χ4n) is 4.70. The van der Waals surface area contributed by atoms with Gasteiger partial charge in [-0.15, -0.1) is 0 Å². The fourth-order valence-corrected chi connectivity index (χ4v) is 4.70. The van der Waals surface area contributed by atoms with Crippen molar-refractivity contribution in [3.63, 3.8) is 0 Å². The van der Waals surface area contributed by atoms with Crippen LogP contribution in [-0.2, 0) is 9.59 Å². The Morgan fingerprint density at radius 2 is 1.53 bits per heavy atom. The zero-order valence-corrected chi connectivity index (χ0v) is 17.0. The molecular formula is C23H19F6NO2. The van der Waals surface area contributed by atoms with Crippen LogP contribution in [0.5, 0.6) is 0 Å². The highest BCUT2D eigenvalue weighted by atomic mass is 19.4. The predicted molar refractivity (Wildman–Crippen MR) is 103 cm³/mol. The second-order valence-electron chi connectivity index (χ2n) is 8.49. The maximum Gasteiger partial charge on any atom is 0.391 e. The van der Waals surface area contributed by atoms with Gasteiger partial charge in [-0.05, 0) is 79.1 Å². The Bertz CT molecular complexity index is 1100. The van der Waals surface area contributed by atoms with E-state index in [1.54, 1.807) is 0 Å². The molecule has 1 unspecified atom stereocenters. The van der Waals surface area contributed by atoms with Gasteiger partial charge in [0.15, 0.2) is 17.4 Å². The standard InChI is InChI=1S/C23H19F6NO2/c1-11-15(8-13(10-17(11)25)12-2-3-16(24)18(26)9-12)19-20(31)22(30-21(19)32)6-4-14(5-7-22)23(27,28)29/h2-3,8-10,14,19H,4-7H2,1H3,(H,30,32). The van der Waals surface area contributed by atoms with E-state index in [0.29, 0.717) is 0 Å². The van der Waals surface area contributed by atoms with Crippen molar-refractivity contribution in [1.29, 1.82) is 0 Å². The highest BCUT2D eigenvalue weighted by molar-refractivity contribution is 6.17. The van der Waals surface area contributed by atoms with Crippen molar-refractivity contribution >= 4 is 11.7 Å². The second kappa shape index (κ2) is 7.64. The molecule has 9 heteroatoms. The van der Waals surface area contributed by atoms with Crippen LogP contribution in [0, 0.1) is 30.3 Å². The first-order valence-corrected chi connectivity index (χ1v) is 10.1. The lowest BCUT2D eigenvalue weighted by molar-refractivity contribution is -0.185. The number of amides is 1. The number of carbonyl (C=O) groups excluding carboxylic acids is 2. The predicted octanol–water partition coefficient (Wildman–Crippen LogP) is 5.35. The minimum atomic E-state index is -4.37. The minimum Gasteiger partial charge on any atom is -0.343 e. The Kier molecular flexibility index (Phi) is 5.33. The summed E-state index contributed by atoms with van der Waals surface area (Å²) < 4.78 is 80.7. The van der Waals surface area contributed by atoms with Crippen molar-refractivity contribution in [3.05, 3.63) is 58.9 Å². The van der Waals surface area contributed by atoms with Gasteiger partial charge in [0, 0.05) is 0 Å². The number of benzene rings is 2. The van der Waals surface area contributed by atoms with Gasteiger partial charge in [0.25, 0.3) is 0 Å². The summed E-state index contributed by atoms with van der Waals surface area (Å²) in [4.78, 5) is 26.0. The lowest BCUT2D eigenvalue weighted by Gasteiger charge is -2.36. The maximum absolute atomic E-state index is 14.7. The van der Waals surface area contributed by atoms with Gasteiger partial charge < -0.3 is 5.32 Å². The molecule has 1 amide bonds. The molecule has 1 aliphatic heterocycles. The summed E-state index contributed by atoms with van der Waals surface area (Å²) in [6, 6.07) is 5.45. The average Bonchev–Trinajstić information content (AvgIpc) is 2.95. The molecule has 1 atom stereocenters. The van der Waals surface area contributed by atoms with E-state index in [1.165, 1.54) is 19.1 Å². The lowest BCUT2D eigenvalue weighted by Crippen LogP contribution is -2.50. The van der Waals surface area contributed by atoms with Gasteiger partial charge in [-0.1, -0.05) is 6.07 Å². The molecule has 2 aliphatic rings. The summed E-state index contributed by atoms with van der Waals surface area (Å²) in [6.07, 6.45) is -5.24. The molecule has 2 fully saturated rings. The first kappa shape index (κ1) is 22.4. The van der Waals surface area contributed by atoms with Crippen LogP contribution in [0.15, 0.2) is 30.3 Å². The van der Waals surface area contributed by atoms with E-state index < -0.39 is 52.7 Å². The number of hydrogen-bond donors (Lipinski definition) is 1. The maximum atomic E-state index is 14.7. The highest BCUT2D eigenvalue weighted by Crippen LogP contribution is 2.46. The Hall–Kier alpha value is -2.84. The van der Waals surface area contributed by atoms with Crippen LogP contribution in [0.25, 0.3) is 11.1 Å². The van der Waals surface area contributed by atoms with Crippen LogP contribution in [0.1, 0.15) is 42.7 Å². The largest absolute Gasteiger partial charge is 0.391 e. The Balaban J connectivity index is 1.69. The average molecular weight is 455 g/mol.